The third-order valence-corrected chi connectivity index (χ3v) is 5.87. The Morgan fingerprint density at radius 2 is 1.74 bits per heavy atom. The van der Waals surface area contributed by atoms with Crippen LogP contribution in [0.1, 0.15) is 29.4 Å². The molecule has 2 heterocycles. The number of rotatable bonds is 8. The van der Waals surface area contributed by atoms with Crippen LogP contribution >= 0.6 is 12.2 Å². The summed E-state index contributed by atoms with van der Waals surface area (Å²) in [6, 6.07) is 20.2. The first-order valence-corrected chi connectivity index (χ1v) is 11.6. The SMILES string of the molecule is CCOC(=O)c1ccc(N2C(=O)[C@@H](CC(=O)Nc3ccccc3)N(Cc3ccccn3)C2=S)cc1. The summed E-state index contributed by atoms with van der Waals surface area (Å²) in [5, 5.41) is 3.09. The summed E-state index contributed by atoms with van der Waals surface area (Å²) >= 11 is 5.69. The summed E-state index contributed by atoms with van der Waals surface area (Å²) in [5.41, 5.74) is 2.24. The molecule has 1 fully saturated rings. The number of nitrogens with one attached hydrogen (secondary N) is 1. The number of pyridine rings is 1. The van der Waals surface area contributed by atoms with Crippen LogP contribution in [0.4, 0.5) is 11.4 Å². The quantitative estimate of drug-likeness (QED) is 0.381. The second-order valence-electron chi connectivity index (χ2n) is 7.81. The van der Waals surface area contributed by atoms with Crippen molar-refractivity contribution >= 4 is 46.5 Å². The molecule has 0 saturated carbocycles. The van der Waals surface area contributed by atoms with Crippen molar-refractivity contribution in [3.63, 3.8) is 0 Å². The Balaban J connectivity index is 1.59. The molecule has 178 valence electrons. The first-order valence-electron chi connectivity index (χ1n) is 11.1. The minimum atomic E-state index is -0.807. The Morgan fingerprint density at radius 3 is 2.40 bits per heavy atom. The van der Waals surface area contributed by atoms with Gasteiger partial charge in [0.05, 0.1) is 36.5 Å². The zero-order chi connectivity index (χ0) is 24.8. The highest BCUT2D eigenvalue weighted by Gasteiger charge is 2.44. The van der Waals surface area contributed by atoms with Gasteiger partial charge in [0.2, 0.25) is 5.91 Å². The summed E-state index contributed by atoms with van der Waals surface area (Å²) < 4.78 is 5.02. The molecule has 9 heteroatoms. The van der Waals surface area contributed by atoms with Gasteiger partial charge in [0, 0.05) is 11.9 Å². The van der Waals surface area contributed by atoms with Gasteiger partial charge in [0.1, 0.15) is 6.04 Å². The minimum absolute atomic E-state index is 0.0852. The van der Waals surface area contributed by atoms with Crippen molar-refractivity contribution < 1.29 is 19.1 Å². The molecule has 8 nitrogen and oxygen atoms in total. The number of amides is 2. The molecule has 0 aliphatic carbocycles. The number of hydrogen-bond donors (Lipinski definition) is 1. The van der Waals surface area contributed by atoms with Crippen LogP contribution < -0.4 is 10.2 Å². The van der Waals surface area contributed by atoms with Crippen LogP contribution in [0, 0.1) is 0 Å². The molecule has 1 aliphatic rings. The van der Waals surface area contributed by atoms with E-state index in [0.717, 1.165) is 5.69 Å². The van der Waals surface area contributed by atoms with Crippen molar-refractivity contribution in [2.45, 2.75) is 25.9 Å². The van der Waals surface area contributed by atoms with Gasteiger partial charge in [-0.05, 0) is 67.7 Å². The molecule has 35 heavy (non-hydrogen) atoms. The number of ether oxygens (including phenoxy) is 1. The van der Waals surface area contributed by atoms with Gasteiger partial charge in [-0.25, -0.2) is 4.79 Å². The zero-order valence-electron chi connectivity index (χ0n) is 19.1. The zero-order valence-corrected chi connectivity index (χ0v) is 19.9. The van der Waals surface area contributed by atoms with Crippen LogP contribution in [0.5, 0.6) is 0 Å². The van der Waals surface area contributed by atoms with Crippen molar-refractivity contribution in [2.24, 2.45) is 0 Å². The largest absolute Gasteiger partial charge is 0.462 e. The molecule has 2 amide bonds. The van der Waals surface area contributed by atoms with Crippen molar-refractivity contribution in [3.05, 3.63) is 90.3 Å². The van der Waals surface area contributed by atoms with Crippen molar-refractivity contribution in [1.29, 1.82) is 0 Å². The van der Waals surface area contributed by atoms with Gasteiger partial charge in [0.15, 0.2) is 5.11 Å². The molecule has 1 saturated heterocycles. The average Bonchev–Trinajstić information content (AvgIpc) is 3.09. The molecular formula is C26H24N4O4S. The predicted octanol–water partition coefficient (Wildman–Crippen LogP) is 3.79. The van der Waals surface area contributed by atoms with Crippen LogP contribution in [-0.2, 0) is 20.9 Å². The number of esters is 1. The molecule has 2 aromatic carbocycles. The Labute approximate surface area is 208 Å². The maximum absolute atomic E-state index is 13.5. The smallest absolute Gasteiger partial charge is 0.338 e. The highest BCUT2D eigenvalue weighted by Crippen LogP contribution is 2.29. The first-order chi connectivity index (χ1) is 17.0. The fourth-order valence-electron chi connectivity index (χ4n) is 3.79. The lowest BCUT2D eigenvalue weighted by atomic mass is 10.1. The van der Waals surface area contributed by atoms with Gasteiger partial charge in [-0.2, -0.15) is 0 Å². The van der Waals surface area contributed by atoms with E-state index in [1.54, 1.807) is 60.5 Å². The molecule has 1 N–H and O–H groups in total. The Morgan fingerprint density at radius 1 is 1.03 bits per heavy atom. The second-order valence-corrected chi connectivity index (χ2v) is 8.17. The number of nitrogens with zero attached hydrogens (tertiary/aromatic N) is 3. The van der Waals surface area contributed by atoms with Crippen LogP contribution in [0.15, 0.2) is 79.0 Å². The van der Waals surface area contributed by atoms with E-state index in [0.29, 0.717) is 16.9 Å². The van der Waals surface area contributed by atoms with E-state index in [1.165, 1.54) is 4.90 Å². The van der Waals surface area contributed by atoms with E-state index in [1.807, 2.05) is 30.3 Å². The molecule has 4 rings (SSSR count). The van der Waals surface area contributed by atoms with Crippen LogP contribution in [0.25, 0.3) is 0 Å². The van der Waals surface area contributed by atoms with Gasteiger partial charge in [0.25, 0.3) is 5.91 Å². The normalized spacial score (nSPS) is 15.3. The van der Waals surface area contributed by atoms with Gasteiger partial charge in [-0.15, -0.1) is 0 Å². The number of carbonyl (C=O) groups is 3. The van der Waals surface area contributed by atoms with Gasteiger partial charge in [-0.3, -0.25) is 19.5 Å². The standard InChI is InChI=1S/C26H24N4O4S/c1-2-34-25(33)18-11-13-21(14-12-18)30-24(32)22(16-23(31)28-19-8-4-3-5-9-19)29(26(30)35)17-20-10-6-7-15-27-20/h3-15,22H,2,16-17H2,1H3,(H,28,31)/t22-/m1/s1. The van der Waals surface area contributed by atoms with Gasteiger partial charge < -0.3 is 15.0 Å². The number of aromatic nitrogens is 1. The molecule has 0 bridgehead atoms. The van der Waals surface area contributed by atoms with Gasteiger partial charge >= 0.3 is 5.97 Å². The van der Waals surface area contributed by atoms with E-state index < -0.39 is 12.0 Å². The number of thiocarbonyl (C=S) groups is 1. The lowest BCUT2D eigenvalue weighted by Gasteiger charge is -2.23. The Kier molecular flexibility index (Phi) is 7.47. The molecule has 0 spiro atoms. The monoisotopic (exact) mass is 488 g/mol. The molecular weight excluding hydrogens is 464 g/mol. The third kappa shape index (κ3) is 5.52. The summed E-state index contributed by atoms with van der Waals surface area (Å²) in [6.45, 7) is 2.27. The van der Waals surface area contributed by atoms with E-state index in [2.05, 4.69) is 10.3 Å². The summed E-state index contributed by atoms with van der Waals surface area (Å²) in [7, 11) is 0. The highest BCUT2D eigenvalue weighted by atomic mass is 32.1. The molecule has 1 aromatic heterocycles. The molecule has 3 aromatic rings. The number of anilines is 2. The highest BCUT2D eigenvalue weighted by molar-refractivity contribution is 7.80. The molecule has 0 unspecified atom stereocenters. The maximum Gasteiger partial charge on any atom is 0.338 e. The minimum Gasteiger partial charge on any atom is -0.462 e. The van der Waals surface area contributed by atoms with Crippen molar-refractivity contribution in [2.75, 3.05) is 16.8 Å². The number of carbonyl (C=O) groups excluding carboxylic acids is 3. The summed E-state index contributed by atoms with van der Waals surface area (Å²) in [5.74, 6) is -1.07. The van der Waals surface area contributed by atoms with Crippen molar-refractivity contribution in [1.82, 2.24) is 9.88 Å². The Bertz CT molecular complexity index is 1220. The molecule has 1 atom stereocenters. The van der Waals surface area contributed by atoms with Gasteiger partial charge in [-0.1, -0.05) is 24.3 Å². The number of para-hydroxylation sites is 1. The number of hydrogen-bond acceptors (Lipinski definition) is 6. The van der Waals surface area contributed by atoms with Crippen LogP contribution in [0.2, 0.25) is 0 Å². The average molecular weight is 489 g/mol. The summed E-state index contributed by atoms with van der Waals surface area (Å²) in [6.07, 6.45) is 1.58. The fraction of sp³-hybridized carbons (Fsp3) is 0.192. The lowest BCUT2D eigenvalue weighted by Crippen LogP contribution is -2.37. The van der Waals surface area contributed by atoms with E-state index in [4.69, 9.17) is 17.0 Å². The second kappa shape index (κ2) is 10.9. The van der Waals surface area contributed by atoms with Crippen LogP contribution in [-0.4, -0.2) is 45.4 Å². The first kappa shape index (κ1) is 24.0. The molecule has 1 aliphatic heterocycles. The lowest BCUT2D eigenvalue weighted by molar-refractivity contribution is -0.124. The van der Waals surface area contributed by atoms with E-state index >= 15 is 0 Å². The van der Waals surface area contributed by atoms with Crippen LogP contribution in [0.3, 0.4) is 0 Å². The van der Waals surface area contributed by atoms with E-state index in [-0.39, 0.29) is 36.5 Å². The number of benzene rings is 2. The van der Waals surface area contributed by atoms with Crippen molar-refractivity contribution in [3.8, 4) is 0 Å². The third-order valence-electron chi connectivity index (χ3n) is 5.45. The fourth-order valence-corrected chi connectivity index (χ4v) is 4.17. The topological polar surface area (TPSA) is 91.8 Å². The maximum atomic E-state index is 13.5. The Hall–Kier alpha value is -4.11. The molecule has 0 radical (unpaired) electrons. The summed E-state index contributed by atoms with van der Waals surface area (Å²) in [4.78, 5) is 45.8. The van der Waals surface area contributed by atoms with E-state index in [9.17, 15) is 14.4 Å². The predicted molar refractivity (Wildman–Crippen MR) is 136 cm³/mol.